The van der Waals surface area contributed by atoms with Crippen LogP contribution in [0, 0.1) is 0 Å². The summed E-state index contributed by atoms with van der Waals surface area (Å²) in [6.45, 7) is 6.51. The van der Waals surface area contributed by atoms with Crippen LogP contribution in [0.4, 0.5) is 0 Å². The molecular weight excluding hydrogens is 238 g/mol. The van der Waals surface area contributed by atoms with Crippen molar-refractivity contribution in [3.63, 3.8) is 0 Å². The molecule has 0 heterocycles. The van der Waals surface area contributed by atoms with E-state index in [4.69, 9.17) is 0 Å². The minimum atomic E-state index is -0.124. The Morgan fingerprint density at radius 1 is 1.21 bits per heavy atom. The number of fused-ring (bicyclic) bond motifs is 1. The number of benzene rings is 2. The van der Waals surface area contributed by atoms with Crippen molar-refractivity contribution in [1.29, 1.82) is 0 Å². The van der Waals surface area contributed by atoms with E-state index in [9.17, 15) is 9.90 Å². The van der Waals surface area contributed by atoms with Gasteiger partial charge >= 0.3 is 0 Å². The molecule has 2 rings (SSSR count). The highest BCUT2D eigenvalue weighted by molar-refractivity contribution is 6.01. The van der Waals surface area contributed by atoms with Crippen LogP contribution < -0.4 is 0 Å². The third-order valence-electron chi connectivity index (χ3n) is 3.32. The van der Waals surface area contributed by atoms with Gasteiger partial charge in [-0.25, -0.2) is 0 Å². The van der Waals surface area contributed by atoms with E-state index in [1.165, 1.54) is 0 Å². The summed E-state index contributed by atoms with van der Waals surface area (Å²) in [7, 11) is 0. The van der Waals surface area contributed by atoms with Crippen LogP contribution >= 0.6 is 0 Å². The standard InChI is InChI=1S/C16H19NO2/c1-4-17(11(2)3)16(19)14-9-12-7-5-6-8-13(12)10-15(14)18/h5-11,18H,4H2,1-3H3. The summed E-state index contributed by atoms with van der Waals surface area (Å²) in [5, 5.41) is 12.0. The number of phenolic OH excluding ortho intramolecular Hbond substituents is 1. The van der Waals surface area contributed by atoms with Crippen LogP contribution in [0.15, 0.2) is 36.4 Å². The minimum absolute atomic E-state index is 0.0443. The zero-order valence-electron chi connectivity index (χ0n) is 11.6. The van der Waals surface area contributed by atoms with Crippen molar-refractivity contribution >= 4 is 16.7 Å². The van der Waals surface area contributed by atoms with E-state index in [-0.39, 0.29) is 17.7 Å². The highest BCUT2D eigenvalue weighted by Crippen LogP contribution is 2.26. The molecule has 0 saturated carbocycles. The fraction of sp³-hybridized carbons (Fsp3) is 0.312. The van der Waals surface area contributed by atoms with Crippen LogP contribution in [-0.4, -0.2) is 28.5 Å². The number of nitrogens with zero attached hydrogens (tertiary/aromatic N) is 1. The first-order chi connectivity index (χ1) is 9.04. The molecule has 0 aliphatic rings. The Hall–Kier alpha value is -2.03. The fourth-order valence-electron chi connectivity index (χ4n) is 2.30. The molecule has 0 radical (unpaired) electrons. The molecule has 3 heteroatoms. The number of amides is 1. The summed E-state index contributed by atoms with van der Waals surface area (Å²) >= 11 is 0. The van der Waals surface area contributed by atoms with Crippen molar-refractivity contribution < 1.29 is 9.90 Å². The molecule has 0 aliphatic carbocycles. The van der Waals surface area contributed by atoms with Gasteiger partial charge in [-0.3, -0.25) is 4.79 Å². The van der Waals surface area contributed by atoms with Crippen molar-refractivity contribution in [2.75, 3.05) is 6.54 Å². The predicted octanol–water partition coefficient (Wildman–Crippen LogP) is 3.42. The van der Waals surface area contributed by atoms with Crippen LogP contribution in [0.25, 0.3) is 10.8 Å². The van der Waals surface area contributed by atoms with E-state index >= 15 is 0 Å². The van der Waals surface area contributed by atoms with Crippen LogP contribution in [-0.2, 0) is 0 Å². The van der Waals surface area contributed by atoms with Gasteiger partial charge in [0.2, 0.25) is 0 Å². The van der Waals surface area contributed by atoms with Crippen molar-refractivity contribution in [2.45, 2.75) is 26.8 Å². The van der Waals surface area contributed by atoms with Crippen molar-refractivity contribution in [3.05, 3.63) is 42.0 Å². The van der Waals surface area contributed by atoms with Crippen molar-refractivity contribution in [2.24, 2.45) is 0 Å². The number of carbonyl (C=O) groups is 1. The summed E-state index contributed by atoms with van der Waals surface area (Å²) < 4.78 is 0. The Labute approximate surface area is 113 Å². The second-order valence-electron chi connectivity index (χ2n) is 4.90. The van der Waals surface area contributed by atoms with Crippen molar-refractivity contribution in [3.8, 4) is 5.75 Å². The highest BCUT2D eigenvalue weighted by Gasteiger charge is 2.20. The molecule has 0 bridgehead atoms. The molecule has 19 heavy (non-hydrogen) atoms. The Morgan fingerprint density at radius 2 is 1.79 bits per heavy atom. The Bertz CT molecular complexity index is 605. The van der Waals surface area contributed by atoms with Crippen LogP contribution in [0.2, 0.25) is 0 Å². The molecule has 2 aromatic carbocycles. The summed E-state index contributed by atoms with van der Waals surface area (Å²) in [6, 6.07) is 11.2. The lowest BCUT2D eigenvalue weighted by Gasteiger charge is -2.25. The monoisotopic (exact) mass is 257 g/mol. The molecule has 1 N–H and O–H groups in total. The normalized spacial score (nSPS) is 10.9. The van der Waals surface area contributed by atoms with E-state index in [2.05, 4.69) is 0 Å². The zero-order valence-corrected chi connectivity index (χ0v) is 11.6. The molecule has 3 nitrogen and oxygen atoms in total. The first kappa shape index (κ1) is 13.4. The first-order valence-electron chi connectivity index (χ1n) is 6.57. The van der Waals surface area contributed by atoms with E-state index < -0.39 is 0 Å². The van der Waals surface area contributed by atoms with Gasteiger partial charge in [-0.1, -0.05) is 24.3 Å². The topological polar surface area (TPSA) is 40.5 Å². The lowest BCUT2D eigenvalue weighted by Crippen LogP contribution is -2.36. The van der Waals surface area contributed by atoms with Crippen molar-refractivity contribution in [1.82, 2.24) is 4.90 Å². The van der Waals surface area contributed by atoms with Gasteiger partial charge in [0.05, 0.1) is 5.56 Å². The fourth-order valence-corrected chi connectivity index (χ4v) is 2.30. The average molecular weight is 257 g/mol. The Morgan fingerprint density at radius 3 is 2.32 bits per heavy atom. The number of carbonyl (C=O) groups excluding carboxylic acids is 1. The SMILES string of the molecule is CCN(C(=O)c1cc2ccccc2cc1O)C(C)C. The molecule has 0 aliphatic heterocycles. The van der Waals surface area contributed by atoms with Gasteiger partial charge in [0.15, 0.2) is 0 Å². The van der Waals surface area contributed by atoms with E-state index in [1.807, 2.05) is 45.0 Å². The molecule has 0 saturated heterocycles. The number of phenols is 1. The molecule has 0 spiro atoms. The first-order valence-corrected chi connectivity index (χ1v) is 6.57. The molecule has 0 fully saturated rings. The Balaban J connectivity index is 2.50. The lowest BCUT2D eigenvalue weighted by atomic mass is 10.0. The highest BCUT2D eigenvalue weighted by atomic mass is 16.3. The molecule has 0 atom stereocenters. The number of rotatable bonds is 3. The van der Waals surface area contributed by atoms with Gasteiger partial charge in [-0.05, 0) is 43.7 Å². The van der Waals surface area contributed by atoms with E-state index in [1.54, 1.807) is 17.0 Å². The number of hydrogen-bond donors (Lipinski definition) is 1. The second kappa shape index (κ2) is 5.31. The quantitative estimate of drug-likeness (QED) is 0.915. The van der Waals surface area contributed by atoms with E-state index in [0.717, 1.165) is 10.8 Å². The van der Waals surface area contributed by atoms with E-state index in [0.29, 0.717) is 12.1 Å². The second-order valence-corrected chi connectivity index (χ2v) is 4.90. The zero-order chi connectivity index (χ0) is 14.0. The molecule has 0 aromatic heterocycles. The molecule has 0 unspecified atom stereocenters. The molecular formula is C16H19NO2. The molecule has 100 valence electrons. The van der Waals surface area contributed by atoms with Gasteiger partial charge in [-0.15, -0.1) is 0 Å². The van der Waals surface area contributed by atoms with Gasteiger partial charge in [0.25, 0.3) is 5.91 Å². The lowest BCUT2D eigenvalue weighted by molar-refractivity contribution is 0.0714. The maximum absolute atomic E-state index is 12.4. The Kier molecular flexibility index (Phi) is 3.74. The molecule has 1 amide bonds. The average Bonchev–Trinajstić information content (AvgIpc) is 2.38. The third kappa shape index (κ3) is 2.55. The molecule has 2 aromatic rings. The van der Waals surface area contributed by atoms with Gasteiger partial charge in [-0.2, -0.15) is 0 Å². The van der Waals surface area contributed by atoms with Crippen LogP contribution in [0.3, 0.4) is 0 Å². The van der Waals surface area contributed by atoms with Crippen LogP contribution in [0.1, 0.15) is 31.1 Å². The maximum Gasteiger partial charge on any atom is 0.257 e. The summed E-state index contributed by atoms with van der Waals surface area (Å²) in [6.07, 6.45) is 0. The van der Waals surface area contributed by atoms with Crippen LogP contribution in [0.5, 0.6) is 5.75 Å². The van der Waals surface area contributed by atoms with Gasteiger partial charge in [0, 0.05) is 12.6 Å². The largest absolute Gasteiger partial charge is 0.507 e. The smallest absolute Gasteiger partial charge is 0.257 e. The number of aromatic hydroxyl groups is 1. The van der Waals surface area contributed by atoms with Gasteiger partial charge < -0.3 is 10.0 Å². The summed E-state index contributed by atoms with van der Waals surface area (Å²) in [5.74, 6) is -0.0800. The predicted molar refractivity (Wildman–Crippen MR) is 77.5 cm³/mol. The maximum atomic E-state index is 12.4. The summed E-state index contributed by atoms with van der Waals surface area (Å²) in [4.78, 5) is 14.2. The van der Waals surface area contributed by atoms with Gasteiger partial charge in [0.1, 0.15) is 5.75 Å². The number of hydrogen-bond acceptors (Lipinski definition) is 2. The summed E-state index contributed by atoms with van der Waals surface area (Å²) in [5.41, 5.74) is 0.370. The third-order valence-corrected chi connectivity index (χ3v) is 3.32. The minimum Gasteiger partial charge on any atom is -0.507 e.